The van der Waals surface area contributed by atoms with Gasteiger partial charge in [0.1, 0.15) is 5.69 Å². The minimum atomic E-state index is -0.726. The highest BCUT2D eigenvalue weighted by Crippen LogP contribution is 2.15. The lowest BCUT2D eigenvalue weighted by Crippen LogP contribution is -2.61. The second kappa shape index (κ2) is 4.26. The number of H-pyrrole nitrogens is 1. The van der Waals surface area contributed by atoms with Gasteiger partial charge in [0, 0.05) is 11.8 Å². The molecule has 1 aromatic rings. The van der Waals surface area contributed by atoms with Gasteiger partial charge in [0.05, 0.1) is 18.8 Å². The Morgan fingerprint density at radius 2 is 2.11 bits per heavy atom. The quantitative estimate of drug-likeness (QED) is 0.480. The minimum Gasteiger partial charge on any atom is -0.376 e. The number of hydrogen-bond donors (Lipinski definition) is 3. The van der Waals surface area contributed by atoms with Crippen molar-refractivity contribution in [1.82, 2.24) is 10.3 Å². The minimum absolute atomic E-state index is 0.0874. The molecule has 0 bridgehead atoms. The molecule has 0 radical (unpaired) electrons. The molecule has 2 rings (SSSR count). The van der Waals surface area contributed by atoms with Gasteiger partial charge >= 0.3 is 0 Å². The van der Waals surface area contributed by atoms with E-state index in [0.29, 0.717) is 13.2 Å². The van der Waals surface area contributed by atoms with Gasteiger partial charge in [-0.1, -0.05) is 0 Å². The van der Waals surface area contributed by atoms with Gasteiger partial charge in [-0.2, -0.15) is 0 Å². The van der Waals surface area contributed by atoms with E-state index in [-0.39, 0.29) is 11.3 Å². The van der Waals surface area contributed by atoms with Crippen molar-refractivity contribution in [3.8, 4) is 0 Å². The van der Waals surface area contributed by atoms with Crippen LogP contribution in [0.4, 0.5) is 0 Å². The molecule has 1 fully saturated rings. The van der Waals surface area contributed by atoms with E-state index in [1.165, 1.54) is 12.3 Å². The molecule has 0 unspecified atom stereocenters. The molecular formula is C11H13N3O4. The van der Waals surface area contributed by atoms with Gasteiger partial charge in [0.2, 0.25) is 0 Å². The third-order valence-electron chi connectivity index (χ3n) is 2.67. The lowest BCUT2D eigenvalue weighted by Gasteiger charge is -2.38. The number of carbonyl (C=O) groups is 3. The largest absolute Gasteiger partial charge is 0.376 e. The van der Waals surface area contributed by atoms with Crippen molar-refractivity contribution in [1.29, 1.82) is 0 Å². The first-order valence-corrected chi connectivity index (χ1v) is 5.34. The van der Waals surface area contributed by atoms with Gasteiger partial charge in [-0.25, -0.2) is 0 Å². The lowest BCUT2D eigenvalue weighted by molar-refractivity contribution is -0.126. The number of ketones is 1. The second-order valence-corrected chi connectivity index (χ2v) is 4.50. The van der Waals surface area contributed by atoms with E-state index in [1.54, 1.807) is 6.92 Å². The van der Waals surface area contributed by atoms with Crippen LogP contribution in [0.2, 0.25) is 0 Å². The molecule has 96 valence electrons. The third kappa shape index (κ3) is 2.25. The Balaban J connectivity index is 2.05. The Hall–Kier alpha value is -2.15. The third-order valence-corrected chi connectivity index (χ3v) is 2.67. The van der Waals surface area contributed by atoms with Crippen LogP contribution in [0.1, 0.15) is 27.8 Å². The van der Waals surface area contributed by atoms with Gasteiger partial charge in [-0.15, -0.1) is 0 Å². The van der Waals surface area contributed by atoms with E-state index >= 15 is 0 Å². The van der Waals surface area contributed by atoms with Crippen molar-refractivity contribution in [2.45, 2.75) is 12.5 Å². The molecule has 1 aliphatic heterocycles. The maximum Gasteiger partial charge on any atom is 0.293 e. The first kappa shape index (κ1) is 12.3. The Kier molecular flexibility index (Phi) is 2.92. The SMILES string of the molecule is CC1(NC(=O)C(=O)c2c[nH]c(C(N)=O)c2)COC1. The normalized spacial score (nSPS) is 16.7. The summed E-state index contributed by atoms with van der Waals surface area (Å²) in [6.45, 7) is 2.55. The summed E-state index contributed by atoms with van der Waals surface area (Å²) in [7, 11) is 0. The Morgan fingerprint density at radius 1 is 1.44 bits per heavy atom. The topological polar surface area (TPSA) is 114 Å². The fraction of sp³-hybridized carbons (Fsp3) is 0.364. The summed E-state index contributed by atoms with van der Waals surface area (Å²) in [6.07, 6.45) is 1.28. The molecular weight excluding hydrogens is 238 g/mol. The van der Waals surface area contributed by atoms with Crippen LogP contribution < -0.4 is 11.1 Å². The van der Waals surface area contributed by atoms with Crippen molar-refractivity contribution < 1.29 is 19.1 Å². The summed E-state index contributed by atoms with van der Waals surface area (Å²) >= 11 is 0. The summed E-state index contributed by atoms with van der Waals surface area (Å²) < 4.78 is 4.97. The molecule has 7 nitrogen and oxygen atoms in total. The Morgan fingerprint density at radius 3 is 2.56 bits per heavy atom. The van der Waals surface area contributed by atoms with Crippen molar-refractivity contribution in [2.24, 2.45) is 5.73 Å². The molecule has 0 aromatic carbocycles. The average Bonchev–Trinajstić information content (AvgIpc) is 2.75. The summed E-state index contributed by atoms with van der Waals surface area (Å²) in [6, 6.07) is 1.25. The second-order valence-electron chi connectivity index (χ2n) is 4.50. The number of nitrogens with one attached hydrogen (secondary N) is 2. The molecule has 0 aliphatic carbocycles. The predicted molar refractivity (Wildman–Crippen MR) is 61.0 cm³/mol. The number of hydrogen-bond acceptors (Lipinski definition) is 4. The number of aromatic amines is 1. The van der Waals surface area contributed by atoms with Gasteiger partial charge < -0.3 is 20.8 Å². The van der Waals surface area contributed by atoms with Crippen LogP contribution in [0.3, 0.4) is 0 Å². The van der Waals surface area contributed by atoms with Crippen molar-refractivity contribution in [3.05, 3.63) is 23.5 Å². The maximum absolute atomic E-state index is 11.8. The Bertz CT molecular complexity index is 516. The molecule has 7 heteroatoms. The number of primary amides is 1. The van der Waals surface area contributed by atoms with E-state index in [2.05, 4.69) is 10.3 Å². The fourth-order valence-electron chi connectivity index (χ4n) is 1.61. The first-order valence-electron chi connectivity index (χ1n) is 5.34. The van der Waals surface area contributed by atoms with Crippen LogP contribution >= 0.6 is 0 Å². The van der Waals surface area contributed by atoms with E-state index in [0.717, 1.165) is 0 Å². The van der Waals surface area contributed by atoms with Crippen molar-refractivity contribution in [2.75, 3.05) is 13.2 Å². The van der Waals surface area contributed by atoms with Gasteiger partial charge in [-0.3, -0.25) is 14.4 Å². The molecule has 1 aliphatic rings. The molecule has 18 heavy (non-hydrogen) atoms. The summed E-state index contributed by atoms with van der Waals surface area (Å²) in [5.74, 6) is -2.13. The number of ether oxygens (including phenoxy) is 1. The summed E-state index contributed by atoms with van der Waals surface area (Å²) in [4.78, 5) is 36.8. The number of Topliss-reactive ketones (excluding diaryl/α,β-unsaturated/α-hetero) is 1. The summed E-state index contributed by atoms with van der Waals surface area (Å²) in [5.41, 5.74) is 4.74. The van der Waals surface area contributed by atoms with Crippen LogP contribution in [0.15, 0.2) is 12.3 Å². The molecule has 0 atom stereocenters. The standard InChI is InChI=1S/C11H13N3O4/c1-11(4-18-5-11)14-10(17)8(15)6-2-7(9(12)16)13-3-6/h2-3,13H,4-5H2,1H3,(H2,12,16)(H,14,17). The number of nitrogens with two attached hydrogens (primary N) is 1. The van der Waals surface area contributed by atoms with Crippen LogP contribution in [-0.4, -0.2) is 41.3 Å². The zero-order chi connectivity index (χ0) is 13.3. The molecule has 1 saturated heterocycles. The van der Waals surface area contributed by atoms with E-state index in [4.69, 9.17) is 10.5 Å². The predicted octanol–water partition coefficient (Wildman–Crippen LogP) is -0.799. The highest BCUT2D eigenvalue weighted by atomic mass is 16.5. The van der Waals surface area contributed by atoms with E-state index < -0.39 is 23.1 Å². The monoisotopic (exact) mass is 251 g/mol. The molecule has 2 heterocycles. The molecule has 1 aromatic heterocycles. The molecule has 0 saturated carbocycles. The number of rotatable bonds is 4. The molecule has 2 amide bonds. The van der Waals surface area contributed by atoms with Crippen LogP contribution in [0.5, 0.6) is 0 Å². The number of amides is 2. The van der Waals surface area contributed by atoms with Crippen molar-refractivity contribution in [3.63, 3.8) is 0 Å². The van der Waals surface area contributed by atoms with Gasteiger partial charge in [-0.05, 0) is 13.0 Å². The molecule has 4 N–H and O–H groups in total. The summed E-state index contributed by atoms with van der Waals surface area (Å²) in [5, 5.41) is 2.59. The maximum atomic E-state index is 11.8. The Labute approximate surface area is 103 Å². The first-order chi connectivity index (χ1) is 8.41. The molecule has 0 spiro atoms. The van der Waals surface area contributed by atoms with Crippen LogP contribution in [-0.2, 0) is 9.53 Å². The fourth-order valence-corrected chi connectivity index (χ4v) is 1.61. The average molecular weight is 251 g/mol. The zero-order valence-corrected chi connectivity index (χ0v) is 9.78. The number of carbonyl (C=O) groups excluding carboxylic acids is 3. The van der Waals surface area contributed by atoms with E-state index in [9.17, 15) is 14.4 Å². The van der Waals surface area contributed by atoms with Crippen LogP contribution in [0.25, 0.3) is 0 Å². The van der Waals surface area contributed by atoms with Gasteiger partial charge in [0.15, 0.2) is 0 Å². The smallest absolute Gasteiger partial charge is 0.293 e. The van der Waals surface area contributed by atoms with Gasteiger partial charge in [0.25, 0.3) is 17.6 Å². The van der Waals surface area contributed by atoms with Crippen molar-refractivity contribution >= 4 is 17.6 Å². The zero-order valence-electron chi connectivity index (χ0n) is 9.78. The lowest BCUT2D eigenvalue weighted by atomic mass is 10.00. The van der Waals surface area contributed by atoms with Crippen LogP contribution in [0, 0.1) is 0 Å². The number of aromatic nitrogens is 1. The highest BCUT2D eigenvalue weighted by molar-refractivity contribution is 6.43. The van der Waals surface area contributed by atoms with E-state index in [1.807, 2.05) is 0 Å². The highest BCUT2D eigenvalue weighted by Gasteiger charge is 2.36.